The largest absolute Gasteiger partial charge is 0.340 e. The molecule has 1 aliphatic rings. The minimum atomic E-state index is 0.307. The number of hydrogen-bond acceptors (Lipinski definition) is 4. The Labute approximate surface area is 107 Å². The normalized spacial score (nSPS) is 24.4. The van der Waals surface area contributed by atoms with E-state index in [1.54, 1.807) is 0 Å². The van der Waals surface area contributed by atoms with Crippen molar-refractivity contribution in [3.05, 3.63) is 30.5 Å². The Balaban J connectivity index is 1.90. The van der Waals surface area contributed by atoms with Crippen LogP contribution in [-0.4, -0.2) is 29.1 Å². The van der Waals surface area contributed by atoms with Gasteiger partial charge in [-0.1, -0.05) is 25.1 Å². The molecule has 2 aromatic rings. The molecule has 4 nitrogen and oxygen atoms in total. The predicted molar refractivity (Wildman–Crippen MR) is 73.5 cm³/mol. The Morgan fingerprint density at radius 3 is 3.00 bits per heavy atom. The van der Waals surface area contributed by atoms with Crippen molar-refractivity contribution in [3.8, 4) is 0 Å². The molecule has 2 heterocycles. The van der Waals surface area contributed by atoms with Crippen LogP contribution in [0.3, 0.4) is 0 Å². The fraction of sp³-hybridized carbons (Fsp3) is 0.429. The van der Waals surface area contributed by atoms with Crippen molar-refractivity contribution in [1.82, 2.24) is 9.97 Å². The summed E-state index contributed by atoms with van der Waals surface area (Å²) in [4.78, 5) is 11.3. The average Bonchev–Trinajstić information content (AvgIpc) is 2.41. The predicted octanol–water partition coefficient (Wildman–Crippen LogP) is 1.80. The highest BCUT2D eigenvalue weighted by Gasteiger charge is 2.24. The van der Waals surface area contributed by atoms with E-state index in [0.717, 1.165) is 36.4 Å². The van der Waals surface area contributed by atoms with Crippen molar-refractivity contribution in [3.63, 3.8) is 0 Å². The zero-order chi connectivity index (χ0) is 12.5. The van der Waals surface area contributed by atoms with E-state index in [1.807, 2.05) is 30.5 Å². The third-order valence-corrected chi connectivity index (χ3v) is 3.73. The third-order valence-electron chi connectivity index (χ3n) is 3.73. The molecule has 94 valence electrons. The molecule has 1 aromatic carbocycles. The van der Waals surface area contributed by atoms with Gasteiger partial charge in [-0.3, -0.25) is 0 Å². The SMILES string of the molecule is CC1CN(c2ncc3ccccc3n2)CCC1N. The highest BCUT2D eigenvalue weighted by molar-refractivity contribution is 5.78. The smallest absolute Gasteiger partial charge is 0.225 e. The summed E-state index contributed by atoms with van der Waals surface area (Å²) in [6.45, 7) is 4.08. The number of fused-ring (bicyclic) bond motifs is 1. The summed E-state index contributed by atoms with van der Waals surface area (Å²) in [6, 6.07) is 8.39. The first-order valence-corrected chi connectivity index (χ1v) is 6.46. The van der Waals surface area contributed by atoms with E-state index in [1.165, 1.54) is 0 Å². The maximum atomic E-state index is 6.04. The molecule has 18 heavy (non-hydrogen) atoms. The minimum Gasteiger partial charge on any atom is -0.340 e. The number of hydrogen-bond donors (Lipinski definition) is 1. The summed E-state index contributed by atoms with van der Waals surface area (Å²) >= 11 is 0. The van der Waals surface area contributed by atoms with Gasteiger partial charge in [-0.2, -0.15) is 0 Å². The number of aromatic nitrogens is 2. The van der Waals surface area contributed by atoms with Gasteiger partial charge in [0.15, 0.2) is 0 Å². The Morgan fingerprint density at radius 2 is 2.17 bits per heavy atom. The van der Waals surface area contributed by atoms with Gasteiger partial charge in [-0.15, -0.1) is 0 Å². The zero-order valence-electron chi connectivity index (χ0n) is 10.6. The van der Waals surface area contributed by atoms with Crippen LogP contribution in [0.15, 0.2) is 30.5 Å². The molecule has 1 saturated heterocycles. The van der Waals surface area contributed by atoms with Crippen molar-refractivity contribution >= 4 is 16.9 Å². The van der Waals surface area contributed by atoms with Crippen molar-refractivity contribution in [2.75, 3.05) is 18.0 Å². The Bertz CT molecular complexity index is 554. The fourth-order valence-corrected chi connectivity index (χ4v) is 2.46. The van der Waals surface area contributed by atoms with E-state index in [0.29, 0.717) is 12.0 Å². The molecule has 3 rings (SSSR count). The van der Waals surface area contributed by atoms with Crippen LogP contribution in [0.2, 0.25) is 0 Å². The van der Waals surface area contributed by atoms with Crippen LogP contribution in [0, 0.1) is 5.92 Å². The molecule has 1 aliphatic heterocycles. The van der Waals surface area contributed by atoms with Crippen LogP contribution in [0.1, 0.15) is 13.3 Å². The molecule has 0 radical (unpaired) electrons. The molecule has 0 aliphatic carbocycles. The first kappa shape index (κ1) is 11.4. The number of para-hydroxylation sites is 1. The van der Waals surface area contributed by atoms with Gasteiger partial charge in [-0.25, -0.2) is 9.97 Å². The lowest BCUT2D eigenvalue weighted by Crippen LogP contribution is -2.46. The molecule has 0 spiro atoms. The number of benzene rings is 1. The summed E-state index contributed by atoms with van der Waals surface area (Å²) in [6.07, 6.45) is 2.91. The lowest BCUT2D eigenvalue weighted by molar-refractivity contribution is 0.380. The minimum absolute atomic E-state index is 0.307. The zero-order valence-corrected chi connectivity index (χ0v) is 10.6. The third kappa shape index (κ3) is 2.04. The first-order chi connectivity index (χ1) is 8.74. The van der Waals surface area contributed by atoms with Crippen molar-refractivity contribution in [1.29, 1.82) is 0 Å². The number of anilines is 1. The first-order valence-electron chi connectivity index (χ1n) is 6.46. The lowest BCUT2D eigenvalue weighted by Gasteiger charge is -2.35. The van der Waals surface area contributed by atoms with Crippen molar-refractivity contribution in [2.45, 2.75) is 19.4 Å². The van der Waals surface area contributed by atoms with E-state index in [4.69, 9.17) is 5.73 Å². The fourth-order valence-electron chi connectivity index (χ4n) is 2.46. The number of nitrogens with two attached hydrogens (primary N) is 1. The average molecular weight is 242 g/mol. The maximum absolute atomic E-state index is 6.04. The second kappa shape index (κ2) is 4.53. The highest BCUT2D eigenvalue weighted by atomic mass is 15.3. The van der Waals surface area contributed by atoms with E-state index in [9.17, 15) is 0 Å². The summed E-state index contributed by atoms with van der Waals surface area (Å²) in [5.74, 6) is 1.32. The van der Waals surface area contributed by atoms with Crippen molar-refractivity contribution < 1.29 is 0 Å². The molecular weight excluding hydrogens is 224 g/mol. The highest BCUT2D eigenvalue weighted by Crippen LogP contribution is 2.21. The summed E-state index contributed by atoms with van der Waals surface area (Å²) in [7, 11) is 0. The molecule has 2 N–H and O–H groups in total. The Hall–Kier alpha value is -1.68. The summed E-state index contributed by atoms with van der Waals surface area (Å²) < 4.78 is 0. The van der Waals surface area contributed by atoms with Gasteiger partial charge in [0.25, 0.3) is 0 Å². The van der Waals surface area contributed by atoms with Crippen LogP contribution >= 0.6 is 0 Å². The van der Waals surface area contributed by atoms with Crippen LogP contribution in [0.4, 0.5) is 5.95 Å². The molecule has 2 atom stereocenters. The molecule has 0 amide bonds. The van der Waals surface area contributed by atoms with Crippen LogP contribution < -0.4 is 10.6 Å². The molecular formula is C14H18N4. The lowest BCUT2D eigenvalue weighted by atomic mass is 9.95. The summed E-state index contributed by atoms with van der Waals surface area (Å²) in [5, 5.41) is 1.09. The van der Waals surface area contributed by atoms with Crippen molar-refractivity contribution in [2.24, 2.45) is 11.7 Å². The standard InChI is InChI=1S/C14H18N4/c1-10-9-18(7-6-12(10)15)14-16-8-11-4-2-3-5-13(11)17-14/h2-5,8,10,12H,6-7,9,15H2,1H3. The molecule has 0 saturated carbocycles. The molecule has 2 unspecified atom stereocenters. The van der Waals surface area contributed by atoms with E-state index in [-0.39, 0.29) is 0 Å². The summed E-state index contributed by atoms with van der Waals surface area (Å²) in [5.41, 5.74) is 7.05. The topological polar surface area (TPSA) is 55.0 Å². The molecule has 1 fully saturated rings. The van der Waals surface area contributed by atoms with Gasteiger partial charge >= 0.3 is 0 Å². The second-order valence-electron chi connectivity index (χ2n) is 5.10. The Kier molecular flexibility index (Phi) is 2.88. The van der Waals surface area contributed by atoms with E-state index >= 15 is 0 Å². The monoisotopic (exact) mass is 242 g/mol. The maximum Gasteiger partial charge on any atom is 0.225 e. The number of rotatable bonds is 1. The molecule has 4 heteroatoms. The van der Waals surface area contributed by atoms with Crippen LogP contribution in [-0.2, 0) is 0 Å². The van der Waals surface area contributed by atoms with Gasteiger partial charge in [0.1, 0.15) is 0 Å². The van der Waals surface area contributed by atoms with Gasteiger partial charge in [0, 0.05) is 30.7 Å². The van der Waals surface area contributed by atoms with Gasteiger partial charge < -0.3 is 10.6 Å². The van der Waals surface area contributed by atoms with Gasteiger partial charge in [0.2, 0.25) is 5.95 Å². The van der Waals surface area contributed by atoms with Crippen LogP contribution in [0.5, 0.6) is 0 Å². The molecule has 1 aromatic heterocycles. The van der Waals surface area contributed by atoms with E-state index < -0.39 is 0 Å². The van der Waals surface area contributed by atoms with Crippen LogP contribution in [0.25, 0.3) is 10.9 Å². The van der Waals surface area contributed by atoms with E-state index in [2.05, 4.69) is 21.8 Å². The number of nitrogens with zero attached hydrogens (tertiary/aromatic N) is 3. The molecule has 0 bridgehead atoms. The number of piperidine rings is 1. The van der Waals surface area contributed by atoms with Gasteiger partial charge in [0.05, 0.1) is 5.52 Å². The quantitative estimate of drug-likeness (QED) is 0.828. The second-order valence-corrected chi connectivity index (χ2v) is 5.10. The Morgan fingerprint density at radius 1 is 1.33 bits per heavy atom. The van der Waals surface area contributed by atoms with Gasteiger partial charge in [-0.05, 0) is 18.4 Å².